The van der Waals surface area contributed by atoms with Crippen molar-refractivity contribution in [1.82, 2.24) is 9.21 Å². The van der Waals surface area contributed by atoms with Crippen molar-refractivity contribution in [2.45, 2.75) is 4.90 Å². The number of nitrogens with one attached hydrogen (secondary N) is 1. The van der Waals surface area contributed by atoms with Crippen LogP contribution in [0.15, 0.2) is 53.4 Å². The third-order valence-electron chi connectivity index (χ3n) is 4.33. The summed E-state index contributed by atoms with van der Waals surface area (Å²) in [5.41, 5.74) is 1.15. The molecule has 1 fully saturated rings. The number of hydrogen-bond acceptors (Lipinski definition) is 4. The fraction of sp³-hybridized carbons (Fsp3) is 0.278. The number of piperazine rings is 1. The zero-order valence-corrected chi connectivity index (χ0v) is 17.3. The van der Waals surface area contributed by atoms with Crippen LogP contribution in [0.25, 0.3) is 0 Å². The summed E-state index contributed by atoms with van der Waals surface area (Å²) in [4.78, 5) is 14.7. The number of carbonyl (C=O) groups is 1. The van der Waals surface area contributed by atoms with Crippen molar-refractivity contribution >= 4 is 44.2 Å². The van der Waals surface area contributed by atoms with Gasteiger partial charge in [-0.15, -0.1) is 0 Å². The van der Waals surface area contributed by atoms with Crippen molar-refractivity contribution in [3.05, 3.63) is 57.7 Å². The molecule has 0 radical (unpaired) electrons. The van der Waals surface area contributed by atoms with Gasteiger partial charge < -0.3 is 10.2 Å². The van der Waals surface area contributed by atoms with Crippen LogP contribution in [0.3, 0.4) is 0 Å². The predicted molar refractivity (Wildman–Crippen MR) is 110 cm³/mol. The van der Waals surface area contributed by atoms with E-state index < -0.39 is 10.0 Å². The Balaban J connectivity index is 1.72. The summed E-state index contributed by atoms with van der Waals surface area (Å²) in [6.45, 7) is 2.43. The molecule has 0 saturated carbocycles. The number of rotatable bonds is 4. The monoisotopic (exact) mass is 485 g/mol. The zero-order chi connectivity index (χ0) is 18.7. The largest absolute Gasteiger partial charge is 0.322 e. The molecule has 1 aliphatic heterocycles. The lowest BCUT2D eigenvalue weighted by Gasteiger charge is -2.31. The van der Waals surface area contributed by atoms with Crippen LogP contribution in [0.5, 0.6) is 0 Å². The van der Waals surface area contributed by atoms with E-state index in [2.05, 4.69) is 32.8 Å². The number of hydrogen-bond donors (Lipinski definition) is 1. The van der Waals surface area contributed by atoms with Crippen molar-refractivity contribution in [3.8, 4) is 0 Å². The molecular formula is C18H20IN3O3S. The first-order valence-electron chi connectivity index (χ1n) is 8.22. The van der Waals surface area contributed by atoms with Gasteiger partial charge in [-0.3, -0.25) is 4.79 Å². The predicted octanol–water partition coefficient (Wildman–Crippen LogP) is 2.48. The number of benzene rings is 2. The molecule has 0 aliphatic carbocycles. The van der Waals surface area contributed by atoms with Crippen LogP contribution in [0.4, 0.5) is 5.69 Å². The molecule has 3 rings (SSSR count). The minimum atomic E-state index is -3.50. The Morgan fingerprint density at radius 3 is 2.23 bits per heavy atom. The van der Waals surface area contributed by atoms with Crippen LogP contribution in [0.2, 0.25) is 0 Å². The van der Waals surface area contributed by atoms with Gasteiger partial charge in [-0.1, -0.05) is 12.1 Å². The first kappa shape index (κ1) is 19.3. The van der Waals surface area contributed by atoms with Gasteiger partial charge in [0.05, 0.1) is 10.5 Å². The molecule has 6 nitrogen and oxygen atoms in total. The molecule has 138 valence electrons. The molecule has 2 aromatic carbocycles. The minimum Gasteiger partial charge on any atom is -0.322 e. The van der Waals surface area contributed by atoms with Gasteiger partial charge in [0.25, 0.3) is 5.91 Å². The van der Waals surface area contributed by atoms with E-state index in [1.165, 1.54) is 4.31 Å². The fourth-order valence-corrected chi connectivity index (χ4v) is 4.79. The quantitative estimate of drug-likeness (QED) is 0.676. The van der Waals surface area contributed by atoms with E-state index in [-0.39, 0.29) is 10.8 Å². The Kier molecular flexibility index (Phi) is 5.96. The average molecular weight is 485 g/mol. The highest BCUT2D eigenvalue weighted by molar-refractivity contribution is 14.1. The summed E-state index contributed by atoms with van der Waals surface area (Å²) in [7, 11) is -1.52. The van der Waals surface area contributed by atoms with E-state index in [0.717, 1.165) is 16.7 Å². The molecule has 1 heterocycles. The maximum absolute atomic E-state index is 12.7. The standard InChI is InChI=1S/C18H20IN3O3S/c1-21-10-12-22(13-11-21)26(24,25)15-8-6-14(7-9-15)20-18(23)16-4-2-3-5-17(16)19/h2-9H,10-13H2,1H3,(H,20,23). The van der Waals surface area contributed by atoms with Crippen molar-refractivity contribution < 1.29 is 13.2 Å². The summed E-state index contributed by atoms with van der Waals surface area (Å²) >= 11 is 2.11. The van der Waals surface area contributed by atoms with Gasteiger partial charge in [0.15, 0.2) is 0 Å². The molecule has 0 spiro atoms. The van der Waals surface area contributed by atoms with Gasteiger partial charge >= 0.3 is 0 Å². The molecule has 8 heteroatoms. The zero-order valence-electron chi connectivity index (χ0n) is 14.4. The number of halogens is 1. The van der Waals surface area contributed by atoms with Crippen LogP contribution in [0.1, 0.15) is 10.4 Å². The first-order chi connectivity index (χ1) is 12.4. The highest BCUT2D eigenvalue weighted by Gasteiger charge is 2.27. The number of nitrogens with zero attached hydrogens (tertiary/aromatic N) is 2. The van der Waals surface area contributed by atoms with E-state index in [4.69, 9.17) is 0 Å². The van der Waals surface area contributed by atoms with Crippen molar-refractivity contribution in [2.75, 3.05) is 38.5 Å². The Morgan fingerprint density at radius 2 is 1.62 bits per heavy atom. The third kappa shape index (κ3) is 4.25. The molecule has 1 aliphatic rings. The molecule has 0 unspecified atom stereocenters. The second kappa shape index (κ2) is 8.03. The Hall–Kier alpha value is -1.49. The summed E-state index contributed by atoms with van der Waals surface area (Å²) in [6, 6.07) is 13.6. The molecule has 26 heavy (non-hydrogen) atoms. The molecular weight excluding hydrogens is 465 g/mol. The van der Waals surface area contributed by atoms with Crippen molar-refractivity contribution in [1.29, 1.82) is 0 Å². The van der Waals surface area contributed by atoms with Gasteiger partial charge in [-0.25, -0.2) is 8.42 Å². The summed E-state index contributed by atoms with van der Waals surface area (Å²) in [6.07, 6.45) is 0. The lowest BCUT2D eigenvalue weighted by molar-refractivity contribution is 0.102. The third-order valence-corrected chi connectivity index (χ3v) is 7.18. The van der Waals surface area contributed by atoms with Crippen LogP contribution in [0, 0.1) is 3.57 Å². The molecule has 1 N–H and O–H groups in total. The van der Waals surface area contributed by atoms with E-state index in [9.17, 15) is 13.2 Å². The number of likely N-dealkylation sites (N-methyl/N-ethyl adjacent to an activating group) is 1. The summed E-state index contributed by atoms with van der Waals surface area (Å²) < 4.78 is 27.8. The lowest BCUT2D eigenvalue weighted by atomic mass is 10.2. The maximum Gasteiger partial charge on any atom is 0.256 e. The minimum absolute atomic E-state index is 0.218. The highest BCUT2D eigenvalue weighted by atomic mass is 127. The molecule has 0 aromatic heterocycles. The summed E-state index contributed by atoms with van der Waals surface area (Å²) in [5, 5.41) is 2.80. The van der Waals surface area contributed by atoms with Gasteiger partial charge in [-0.2, -0.15) is 4.31 Å². The second-order valence-electron chi connectivity index (χ2n) is 6.17. The molecule has 0 atom stereocenters. The highest BCUT2D eigenvalue weighted by Crippen LogP contribution is 2.20. The van der Waals surface area contributed by atoms with Crippen LogP contribution in [-0.2, 0) is 10.0 Å². The first-order valence-corrected chi connectivity index (χ1v) is 10.7. The Bertz CT molecular complexity index is 892. The molecule has 2 aromatic rings. The Morgan fingerprint density at radius 1 is 1.00 bits per heavy atom. The normalized spacial score (nSPS) is 16.4. The number of amides is 1. The van der Waals surface area contributed by atoms with E-state index in [1.807, 2.05) is 25.2 Å². The average Bonchev–Trinajstić information content (AvgIpc) is 2.63. The molecule has 1 saturated heterocycles. The van der Waals surface area contributed by atoms with E-state index >= 15 is 0 Å². The van der Waals surface area contributed by atoms with Crippen molar-refractivity contribution in [2.24, 2.45) is 0 Å². The Labute approximate surface area is 167 Å². The second-order valence-corrected chi connectivity index (χ2v) is 9.27. The molecule has 0 bridgehead atoms. The van der Waals surface area contributed by atoms with Crippen molar-refractivity contribution in [3.63, 3.8) is 0 Å². The van der Waals surface area contributed by atoms with Gasteiger partial charge in [0.2, 0.25) is 10.0 Å². The number of anilines is 1. The topological polar surface area (TPSA) is 69.7 Å². The van der Waals surface area contributed by atoms with Crippen LogP contribution in [-0.4, -0.2) is 56.8 Å². The van der Waals surface area contributed by atoms with Crippen LogP contribution < -0.4 is 5.32 Å². The fourth-order valence-electron chi connectivity index (χ4n) is 2.73. The van der Waals surface area contributed by atoms with Gasteiger partial charge in [0, 0.05) is 35.4 Å². The van der Waals surface area contributed by atoms with Crippen LogP contribution >= 0.6 is 22.6 Å². The molecule has 1 amide bonds. The van der Waals surface area contributed by atoms with E-state index in [0.29, 0.717) is 24.3 Å². The number of carbonyl (C=O) groups excluding carboxylic acids is 1. The smallest absolute Gasteiger partial charge is 0.256 e. The van der Waals surface area contributed by atoms with Gasteiger partial charge in [0.1, 0.15) is 0 Å². The maximum atomic E-state index is 12.7. The summed E-state index contributed by atoms with van der Waals surface area (Å²) in [5.74, 6) is -0.218. The number of sulfonamides is 1. The van der Waals surface area contributed by atoms with E-state index in [1.54, 1.807) is 30.3 Å². The lowest BCUT2D eigenvalue weighted by Crippen LogP contribution is -2.46. The van der Waals surface area contributed by atoms with Gasteiger partial charge in [-0.05, 0) is 66.0 Å². The SMILES string of the molecule is CN1CCN(S(=O)(=O)c2ccc(NC(=O)c3ccccc3I)cc2)CC1.